The predicted octanol–water partition coefficient (Wildman–Crippen LogP) is 4.72. The highest BCUT2D eigenvalue weighted by Crippen LogP contribution is 2.73. The van der Waals surface area contributed by atoms with Gasteiger partial charge in [-0.2, -0.15) is 0 Å². The van der Waals surface area contributed by atoms with Crippen LogP contribution in [-0.2, 0) is 28.5 Å². The van der Waals surface area contributed by atoms with E-state index in [0.29, 0.717) is 12.2 Å². The number of hydrogen-bond acceptors (Lipinski definition) is 8. The Kier molecular flexibility index (Phi) is 6.45. The van der Waals surface area contributed by atoms with E-state index in [1.54, 1.807) is 32.4 Å². The van der Waals surface area contributed by atoms with Gasteiger partial charge < -0.3 is 28.5 Å². The van der Waals surface area contributed by atoms with E-state index in [1.807, 2.05) is 6.07 Å². The summed E-state index contributed by atoms with van der Waals surface area (Å²) in [4.78, 5) is 26.4. The number of furan rings is 1. The standard InChI is InChI=1S/C32H42O8/c1-8-16(2)29(35)40-23-13-22(33)30(4)15-38-26-27(30)31(23,5)21(12-24(34)36-7)32(6)25-17(3)19(18-9-10-37-14-18)11-20(25)39-28(26)32/h8-10,14,19-23,26-28,33H,11-13,15H2,1-7H3/b16-8+. The molecule has 0 amide bonds. The first-order valence-electron chi connectivity index (χ1n) is 14.5. The molecule has 0 aromatic carbocycles. The van der Waals surface area contributed by atoms with Gasteiger partial charge in [0, 0.05) is 46.5 Å². The average molecular weight is 555 g/mol. The molecule has 11 atom stereocenters. The molecule has 1 aromatic heterocycles. The van der Waals surface area contributed by atoms with Gasteiger partial charge in [0.2, 0.25) is 0 Å². The molecule has 0 bridgehead atoms. The summed E-state index contributed by atoms with van der Waals surface area (Å²) in [5.74, 6) is -1.02. The van der Waals surface area contributed by atoms with Crippen molar-refractivity contribution in [2.75, 3.05) is 13.7 Å². The van der Waals surface area contributed by atoms with E-state index in [4.69, 9.17) is 23.4 Å². The van der Waals surface area contributed by atoms with Crippen LogP contribution in [0.1, 0.15) is 72.3 Å². The first-order chi connectivity index (χ1) is 18.9. The Bertz CT molecular complexity index is 1260. The van der Waals surface area contributed by atoms with Gasteiger partial charge in [-0.1, -0.05) is 32.4 Å². The normalized spacial score (nSPS) is 45.6. The number of methoxy groups -OCH3 is 1. The van der Waals surface area contributed by atoms with Crippen LogP contribution in [-0.4, -0.2) is 61.3 Å². The number of fused-ring (bicyclic) bond motifs is 4. The second-order valence-electron chi connectivity index (χ2n) is 13.3. The SMILES string of the molecule is C/C=C(\C)C(=O)OC1CC(O)C2(C)COC3C4OC5CC(c6ccoc6)C(C)=C5C4(C)C(CC(=O)OC)C1(C)C32. The third kappa shape index (κ3) is 3.48. The number of aliphatic hydroxyl groups is 1. The number of rotatable bonds is 5. The minimum atomic E-state index is -0.727. The zero-order valence-electron chi connectivity index (χ0n) is 24.6. The third-order valence-corrected chi connectivity index (χ3v) is 11.7. The van der Waals surface area contributed by atoms with Gasteiger partial charge in [-0.25, -0.2) is 4.79 Å². The zero-order valence-corrected chi connectivity index (χ0v) is 24.6. The van der Waals surface area contributed by atoms with Crippen molar-refractivity contribution >= 4 is 11.9 Å². The molecule has 2 aliphatic heterocycles. The number of allylic oxidation sites excluding steroid dienone is 2. The molecule has 2 saturated heterocycles. The van der Waals surface area contributed by atoms with Crippen LogP contribution in [0, 0.1) is 28.1 Å². The van der Waals surface area contributed by atoms with E-state index < -0.39 is 34.4 Å². The minimum Gasteiger partial charge on any atom is -0.472 e. The summed E-state index contributed by atoms with van der Waals surface area (Å²) in [5, 5.41) is 11.5. The Balaban J connectivity index is 1.54. The Morgan fingerprint density at radius 3 is 2.62 bits per heavy atom. The van der Waals surface area contributed by atoms with Crippen LogP contribution < -0.4 is 0 Å². The van der Waals surface area contributed by atoms with Gasteiger partial charge in [0.05, 0.1) is 50.7 Å². The maximum Gasteiger partial charge on any atom is 0.333 e. The van der Waals surface area contributed by atoms with Gasteiger partial charge in [-0.15, -0.1) is 0 Å². The van der Waals surface area contributed by atoms with E-state index in [1.165, 1.54) is 18.3 Å². The third-order valence-electron chi connectivity index (χ3n) is 11.7. The fourth-order valence-electron chi connectivity index (χ4n) is 9.66. The van der Waals surface area contributed by atoms with Gasteiger partial charge in [0.25, 0.3) is 0 Å². The fourth-order valence-corrected chi connectivity index (χ4v) is 9.66. The second kappa shape index (κ2) is 9.30. The number of carbonyl (C=O) groups excluding carboxylic acids is 2. The number of hydrogen-bond donors (Lipinski definition) is 1. The van der Waals surface area contributed by atoms with Crippen molar-refractivity contribution < 1.29 is 38.1 Å². The molecule has 3 heterocycles. The van der Waals surface area contributed by atoms with Crippen LogP contribution >= 0.6 is 0 Å². The topological polar surface area (TPSA) is 104 Å². The Morgan fingerprint density at radius 1 is 1.23 bits per heavy atom. The van der Waals surface area contributed by atoms with Crippen molar-refractivity contribution in [2.45, 2.75) is 97.2 Å². The van der Waals surface area contributed by atoms with Crippen LogP contribution in [0.4, 0.5) is 0 Å². The molecule has 2 saturated carbocycles. The van der Waals surface area contributed by atoms with Crippen molar-refractivity contribution in [2.24, 2.45) is 28.1 Å². The van der Waals surface area contributed by atoms with Gasteiger partial charge in [0.1, 0.15) is 6.10 Å². The monoisotopic (exact) mass is 554 g/mol. The summed E-state index contributed by atoms with van der Waals surface area (Å²) in [5.41, 5.74) is 2.24. The Labute approximate surface area is 236 Å². The predicted molar refractivity (Wildman–Crippen MR) is 145 cm³/mol. The van der Waals surface area contributed by atoms with Gasteiger partial charge in [0.15, 0.2) is 0 Å². The van der Waals surface area contributed by atoms with Crippen LogP contribution in [0.5, 0.6) is 0 Å². The molecule has 40 heavy (non-hydrogen) atoms. The summed E-state index contributed by atoms with van der Waals surface area (Å²) >= 11 is 0. The molecule has 1 N–H and O–H groups in total. The summed E-state index contributed by atoms with van der Waals surface area (Å²) in [7, 11) is 1.42. The Morgan fingerprint density at radius 2 is 1.98 bits per heavy atom. The quantitative estimate of drug-likeness (QED) is 0.317. The molecular formula is C32H42O8. The highest BCUT2D eigenvalue weighted by Gasteiger charge is 2.78. The molecule has 3 aliphatic carbocycles. The fraction of sp³-hybridized carbons (Fsp3) is 0.688. The van der Waals surface area contributed by atoms with Crippen LogP contribution in [0.3, 0.4) is 0 Å². The molecule has 1 aromatic rings. The smallest absolute Gasteiger partial charge is 0.333 e. The summed E-state index contributed by atoms with van der Waals surface area (Å²) < 4.78 is 30.5. The van der Waals surface area contributed by atoms with Crippen LogP contribution in [0.2, 0.25) is 0 Å². The van der Waals surface area contributed by atoms with Crippen molar-refractivity contribution in [3.8, 4) is 0 Å². The molecule has 6 rings (SSSR count). The lowest BCUT2D eigenvalue weighted by Gasteiger charge is -2.65. The minimum absolute atomic E-state index is 0.120. The van der Waals surface area contributed by atoms with Crippen LogP contribution in [0.25, 0.3) is 0 Å². The number of esters is 2. The molecule has 8 heteroatoms. The maximum atomic E-state index is 13.2. The number of carbonyl (C=O) groups is 2. The molecule has 11 unspecified atom stereocenters. The average Bonchev–Trinajstić information content (AvgIpc) is 3.70. The van der Waals surface area contributed by atoms with Gasteiger partial charge >= 0.3 is 11.9 Å². The lowest BCUT2D eigenvalue weighted by molar-refractivity contribution is -0.248. The molecule has 218 valence electrons. The summed E-state index contributed by atoms with van der Waals surface area (Å²) in [6, 6.07) is 2.01. The lowest BCUT2D eigenvalue weighted by Crippen LogP contribution is -2.70. The molecule has 8 nitrogen and oxygen atoms in total. The van der Waals surface area contributed by atoms with Gasteiger partial charge in [-0.05, 0) is 50.3 Å². The van der Waals surface area contributed by atoms with Crippen molar-refractivity contribution in [3.05, 3.63) is 47.0 Å². The van der Waals surface area contributed by atoms with Crippen LogP contribution in [0.15, 0.2) is 45.8 Å². The van der Waals surface area contributed by atoms with E-state index in [2.05, 4.69) is 27.7 Å². The van der Waals surface area contributed by atoms with Gasteiger partial charge in [-0.3, -0.25) is 4.79 Å². The van der Waals surface area contributed by atoms with E-state index >= 15 is 0 Å². The first-order valence-corrected chi connectivity index (χ1v) is 14.5. The second-order valence-corrected chi connectivity index (χ2v) is 13.3. The zero-order chi connectivity index (χ0) is 28.8. The highest BCUT2D eigenvalue weighted by molar-refractivity contribution is 5.87. The van der Waals surface area contributed by atoms with E-state index in [-0.39, 0.29) is 54.9 Å². The lowest BCUT2D eigenvalue weighted by atomic mass is 9.40. The highest BCUT2D eigenvalue weighted by atomic mass is 16.6. The summed E-state index contributed by atoms with van der Waals surface area (Å²) in [6.45, 7) is 12.5. The van der Waals surface area contributed by atoms with Crippen molar-refractivity contribution in [1.82, 2.24) is 0 Å². The molecular weight excluding hydrogens is 512 g/mol. The van der Waals surface area contributed by atoms with Crippen molar-refractivity contribution in [1.29, 1.82) is 0 Å². The van der Waals surface area contributed by atoms with E-state index in [9.17, 15) is 14.7 Å². The number of aliphatic hydroxyl groups excluding tert-OH is 1. The molecule has 5 aliphatic rings. The maximum absolute atomic E-state index is 13.2. The molecule has 0 radical (unpaired) electrons. The van der Waals surface area contributed by atoms with Crippen molar-refractivity contribution in [3.63, 3.8) is 0 Å². The largest absolute Gasteiger partial charge is 0.472 e. The van der Waals surface area contributed by atoms with E-state index in [0.717, 1.165) is 12.0 Å². The number of ether oxygens (including phenoxy) is 4. The Hall–Kier alpha value is -2.42. The first kappa shape index (κ1) is 27.7. The summed E-state index contributed by atoms with van der Waals surface area (Å²) in [6.07, 6.45) is 4.37. The molecule has 0 spiro atoms. The molecule has 4 fully saturated rings.